The van der Waals surface area contributed by atoms with Gasteiger partial charge in [0, 0.05) is 0 Å². The molecule has 0 saturated carbocycles. The van der Waals surface area contributed by atoms with Gasteiger partial charge in [-0.25, -0.2) is 0 Å². The first-order valence-corrected chi connectivity index (χ1v) is 10.3. The molecule has 0 bridgehead atoms. The molecule has 2 aromatic carbocycles. The summed E-state index contributed by atoms with van der Waals surface area (Å²) in [5, 5.41) is 0. The summed E-state index contributed by atoms with van der Waals surface area (Å²) in [6.45, 7) is 22.3. The van der Waals surface area contributed by atoms with E-state index in [4.69, 9.17) is 0 Å². The maximum Gasteiger partial charge on any atom is -0.0132 e. The molecule has 1 atom stereocenters. The number of benzene rings is 2. The molecule has 0 aliphatic carbocycles. The van der Waals surface area contributed by atoms with E-state index >= 15 is 0 Å². The van der Waals surface area contributed by atoms with Gasteiger partial charge < -0.3 is 0 Å². The Morgan fingerprint density at radius 2 is 1.38 bits per heavy atom. The van der Waals surface area contributed by atoms with Gasteiger partial charge in [0.15, 0.2) is 0 Å². The van der Waals surface area contributed by atoms with Crippen LogP contribution in [0.4, 0.5) is 0 Å². The van der Waals surface area contributed by atoms with Gasteiger partial charge in [0.2, 0.25) is 0 Å². The van der Waals surface area contributed by atoms with Gasteiger partial charge in [-0.05, 0) is 65.3 Å². The SMILES string of the molecule is CC.Cc1cc(C)c(C(C)C)c(CC(C)c2ccc(C(C)(C)C)cc2)c1. The molecule has 0 radical (unpaired) electrons. The Morgan fingerprint density at radius 1 is 0.846 bits per heavy atom. The van der Waals surface area contributed by atoms with Crippen molar-refractivity contribution in [3.8, 4) is 0 Å². The summed E-state index contributed by atoms with van der Waals surface area (Å²) in [5.41, 5.74) is 8.95. The average Bonchev–Trinajstić information content (AvgIpc) is 2.55. The fraction of sp³-hybridized carbons (Fsp3) is 0.538. The van der Waals surface area contributed by atoms with Crippen LogP contribution in [0.3, 0.4) is 0 Å². The third kappa shape index (κ3) is 5.73. The maximum atomic E-state index is 2.39. The van der Waals surface area contributed by atoms with Gasteiger partial charge in [-0.3, -0.25) is 0 Å². The van der Waals surface area contributed by atoms with E-state index in [2.05, 4.69) is 91.8 Å². The minimum absolute atomic E-state index is 0.222. The zero-order chi connectivity index (χ0) is 20.1. The molecule has 0 fully saturated rings. The van der Waals surface area contributed by atoms with Crippen LogP contribution in [0.5, 0.6) is 0 Å². The zero-order valence-corrected chi connectivity index (χ0v) is 18.8. The molecule has 0 N–H and O–H groups in total. The summed E-state index contributed by atoms with van der Waals surface area (Å²) in [6, 6.07) is 14.0. The third-order valence-corrected chi connectivity index (χ3v) is 5.07. The van der Waals surface area contributed by atoms with Crippen LogP contribution in [0.15, 0.2) is 36.4 Å². The highest BCUT2D eigenvalue weighted by Gasteiger charge is 2.16. The van der Waals surface area contributed by atoms with E-state index in [0.29, 0.717) is 11.8 Å². The molecule has 144 valence electrons. The second kappa shape index (κ2) is 9.40. The van der Waals surface area contributed by atoms with Crippen LogP contribution in [-0.4, -0.2) is 0 Å². The highest BCUT2D eigenvalue weighted by atomic mass is 14.2. The minimum Gasteiger partial charge on any atom is -0.0683 e. The van der Waals surface area contributed by atoms with Crippen molar-refractivity contribution >= 4 is 0 Å². The normalized spacial score (nSPS) is 12.6. The standard InChI is InChI=1S/C24H34.C2H6/c1-16(2)23-19(5)13-17(3)14-21(23)15-18(4)20-9-11-22(12-10-20)24(6,7)8;1-2/h9-14,16,18H,15H2,1-8H3;1-2H3. The second-order valence-corrected chi connectivity index (χ2v) is 8.79. The molecule has 0 spiro atoms. The van der Waals surface area contributed by atoms with Crippen molar-refractivity contribution in [2.45, 2.75) is 92.9 Å². The van der Waals surface area contributed by atoms with Crippen LogP contribution in [0.1, 0.15) is 101 Å². The van der Waals surface area contributed by atoms with E-state index < -0.39 is 0 Å². The summed E-state index contributed by atoms with van der Waals surface area (Å²) in [4.78, 5) is 0. The predicted octanol–water partition coefficient (Wildman–Crippen LogP) is 8.10. The number of rotatable bonds is 4. The van der Waals surface area contributed by atoms with Crippen molar-refractivity contribution in [1.82, 2.24) is 0 Å². The lowest BCUT2D eigenvalue weighted by atomic mass is 9.83. The van der Waals surface area contributed by atoms with E-state index in [0.717, 1.165) is 6.42 Å². The van der Waals surface area contributed by atoms with Crippen molar-refractivity contribution < 1.29 is 0 Å². The second-order valence-electron chi connectivity index (χ2n) is 8.79. The van der Waals surface area contributed by atoms with Crippen LogP contribution in [0.25, 0.3) is 0 Å². The van der Waals surface area contributed by atoms with Crippen molar-refractivity contribution in [3.63, 3.8) is 0 Å². The third-order valence-electron chi connectivity index (χ3n) is 5.07. The van der Waals surface area contributed by atoms with Gasteiger partial charge in [-0.1, -0.05) is 97.4 Å². The lowest BCUT2D eigenvalue weighted by molar-refractivity contribution is 0.589. The first kappa shape index (κ1) is 22.5. The molecular formula is C26H40. The van der Waals surface area contributed by atoms with Gasteiger partial charge in [-0.15, -0.1) is 0 Å². The summed E-state index contributed by atoms with van der Waals surface area (Å²) in [6.07, 6.45) is 1.12. The van der Waals surface area contributed by atoms with Crippen LogP contribution in [-0.2, 0) is 11.8 Å². The average molecular weight is 353 g/mol. The van der Waals surface area contributed by atoms with Gasteiger partial charge in [-0.2, -0.15) is 0 Å². The maximum absolute atomic E-state index is 2.39. The van der Waals surface area contributed by atoms with Crippen molar-refractivity contribution in [2.24, 2.45) is 0 Å². The highest BCUT2D eigenvalue weighted by Crippen LogP contribution is 2.31. The van der Waals surface area contributed by atoms with E-state index in [9.17, 15) is 0 Å². The molecule has 1 unspecified atom stereocenters. The smallest absolute Gasteiger partial charge is 0.0132 e. The monoisotopic (exact) mass is 352 g/mol. The Kier molecular flexibility index (Phi) is 8.13. The molecule has 0 nitrogen and oxygen atoms in total. The first-order chi connectivity index (χ1) is 12.1. The molecule has 0 heterocycles. The van der Waals surface area contributed by atoms with E-state index in [1.54, 1.807) is 5.56 Å². The van der Waals surface area contributed by atoms with E-state index in [1.807, 2.05) is 13.8 Å². The molecule has 0 heteroatoms. The first-order valence-electron chi connectivity index (χ1n) is 10.3. The molecule has 0 aliphatic heterocycles. The minimum atomic E-state index is 0.222. The Bertz CT molecular complexity index is 681. The van der Waals surface area contributed by atoms with E-state index in [1.165, 1.54) is 27.8 Å². The highest BCUT2D eigenvalue weighted by molar-refractivity contribution is 5.41. The Morgan fingerprint density at radius 3 is 1.85 bits per heavy atom. The largest absolute Gasteiger partial charge is 0.0683 e. The summed E-state index contributed by atoms with van der Waals surface area (Å²) in [7, 11) is 0. The molecule has 2 rings (SSSR count). The van der Waals surface area contributed by atoms with Crippen LogP contribution in [0.2, 0.25) is 0 Å². The van der Waals surface area contributed by atoms with Crippen LogP contribution < -0.4 is 0 Å². The van der Waals surface area contributed by atoms with E-state index in [-0.39, 0.29) is 5.41 Å². The van der Waals surface area contributed by atoms with Gasteiger partial charge in [0.25, 0.3) is 0 Å². The number of hydrogen-bond acceptors (Lipinski definition) is 0. The lowest BCUT2D eigenvalue weighted by Gasteiger charge is -2.22. The Labute approximate surface area is 163 Å². The fourth-order valence-corrected chi connectivity index (χ4v) is 3.82. The topological polar surface area (TPSA) is 0 Å². The number of hydrogen-bond donors (Lipinski definition) is 0. The molecule has 2 aromatic rings. The molecule has 0 saturated heterocycles. The van der Waals surface area contributed by atoms with Crippen molar-refractivity contribution in [1.29, 1.82) is 0 Å². The summed E-state index contributed by atoms with van der Waals surface area (Å²) in [5.74, 6) is 1.12. The molecule has 0 aromatic heterocycles. The zero-order valence-electron chi connectivity index (χ0n) is 18.8. The van der Waals surface area contributed by atoms with Gasteiger partial charge >= 0.3 is 0 Å². The van der Waals surface area contributed by atoms with Gasteiger partial charge in [0.05, 0.1) is 0 Å². The predicted molar refractivity (Wildman–Crippen MR) is 119 cm³/mol. The molecular weight excluding hydrogens is 312 g/mol. The Hall–Kier alpha value is -1.56. The van der Waals surface area contributed by atoms with Crippen LogP contribution >= 0.6 is 0 Å². The van der Waals surface area contributed by atoms with Crippen molar-refractivity contribution in [3.05, 3.63) is 69.8 Å². The summed E-state index contributed by atoms with van der Waals surface area (Å²) < 4.78 is 0. The molecule has 0 aliphatic rings. The summed E-state index contributed by atoms with van der Waals surface area (Å²) >= 11 is 0. The van der Waals surface area contributed by atoms with Crippen molar-refractivity contribution in [2.75, 3.05) is 0 Å². The quantitative estimate of drug-likeness (QED) is 0.521. The Balaban J connectivity index is 0.00000163. The lowest BCUT2D eigenvalue weighted by Crippen LogP contribution is -2.11. The molecule has 0 amide bonds. The number of aryl methyl sites for hydroxylation is 2. The fourth-order valence-electron chi connectivity index (χ4n) is 3.82. The van der Waals surface area contributed by atoms with Gasteiger partial charge in [0.1, 0.15) is 0 Å². The van der Waals surface area contributed by atoms with Crippen LogP contribution in [0, 0.1) is 13.8 Å². The molecule has 26 heavy (non-hydrogen) atoms.